The summed E-state index contributed by atoms with van der Waals surface area (Å²) in [4.78, 5) is 24.8. The number of pyridine rings is 1. The molecule has 1 fully saturated rings. The monoisotopic (exact) mass is 363 g/mol. The number of para-hydroxylation sites is 1. The number of nitrogens with zero attached hydrogens (tertiary/aromatic N) is 3. The highest BCUT2D eigenvalue weighted by atomic mass is 16.2. The highest BCUT2D eigenvalue weighted by Gasteiger charge is 2.23. The molecule has 1 saturated heterocycles. The van der Waals surface area contributed by atoms with Crippen molar-refractivity contribution in [2.75, 3.05) is 36.8 Å². The lowest BCUT2D eigenvalue weighted by Gasteiger charge is -2.24. The minimum absolute atomic E-state index is 0.0521. The number of nitrogens with one attached hydrogen (secondary N) is 1. The van der Waals surface area contributed by atoms with E-state index in [-0.39, 0.29) is 5.91 Å². The van der Waals surface area contributed by atoms with Crippen LogP contribution in [0.3, 0.4) is 0 Å². The van der Waals surface area contributed by atoms with Gasteiger partial charge in [-0.05, 0) is 36.6 Å². The molecule has 0 atom stereocenters. The summed E-state index contributed by atoms with van der Waals surface area (Å²) in [5.74, 6) is 0.894. The van der Waals surface area contributed by atoms with Gasteiger partial charge in [-0.15, -0.1) is 0 Å². The Morgan fingerprint density at radius 1 is 1.19 bits per heavy atom. The van der Waals surface area contributed by atoms with Gasteiger partial charge in [-0.2, -0.15) is 0 Å². The molecule has 0 radical (unpaired) electrons. The molecule has 6 nitrogen and oxygen atoms in total. The maximum absolute atomic E-state index is 13.0. The normalized spacial score (nSPS) is 15.1. The number of carbonyl (C=O) groups excluding carboxylic acids is 1. The zero-order valence-corrected chi connectivity index (χ0v) is 15.6. The molecule has 1 amide bonds. The lowest BCUT2D eigenvalue weighted by atomic mass is 10.1. The second-order valence-corrected chi connectivity index (χ2v) is 6.96. The van der Waals surface area contributed by atoms with Gasteiger partial charge in [0.05, 0.1) is 5.69 Å². The fourth-order valence-electron chi connectivity index (χ4n) is 3.75. The largest absolute Gasteiger partial charge is 0.396 e. The van der Waals surface area contributed by atoms with Crippen LogP contribution in [-0.2, 0) is 6.42 Å². The lowest BCUT2D eigenvalue weighted by molar-refractivity contribution is 0.0762. The number of aromatic nitrogens is 2. The van der Waals surface area contributed by atoms with Gasteiger partial charge in [0.2, 0.25) is 0 Å². The van der Waals surface area contributed by atoms with Crippen molar-refractivity contribution in [1.29, 1.82) is 0 Å². The van der Waals surface area contributed by atoms with Crippen LogP contribution in [0, 0.1) is 0 Å². The smallest absolute Gasteiger partial charge is 0.270 e. The summed E-state index contributed by atoms with van der Waals surface area (Å²) in [6, 6.07) is 11.9. The zero-order chi connectivity index (χ0) is 18.8. The average molecular weight is 363 g/mol. The maximum atomic E-state index is 13.0. The number of carbonyl (C=O) groups is 1. The van der Waals surface area contributed by atoms with E-state index in [0.717, 1.165) is 60.4 Å². The van der Waals surface area contributed by atoms with Crippen molar-refractivity contribution in [3.8, 4) is 0 Å². The molecule has 4 rings (SSSR count). The number of aromatic amines is 1. The average Bonchev–Trinajstić information content (AvgIpc) is 2.98. The first-order valence-electron chi connectivity index (χ1n) is 9.52. The molecule has 1 aliphatic rings. The van der Waals surface area contributed by atoms with Gasteiger partial charge in [0, 0.05) is 43.3 Å². The van der Waals surface area contributed by atoms with Crippen molar-refractivity contribution in [3.05, 3.63) is 53.9 Å². The Balaban J connectivity index is 1.50. The number of aryl methyl sites for hydroxylation is 1. The number of fused-ring (bicyclic) bond motifs is 1. The van der Waals surface area contributed by atoms with Crippen LogP contribution in [0.1, 0.15) is 29.4 Å². The molecule has 27 heavy (non-hydrogen) atoms. The third-order valence-corrected chi connectivity index (χ3v) is 5.28. The molecule has 0 saturated carbocycles. The van der Waals surface area contributed by atoms with Gasteiger partial charge < -0.3 is 20.5 Å². The standard InChI is InChI=1S/C21H25N5O/c1-2-15-8-9-23-20(19(15)22)25-10-5-11-26(13-12-25)21(27)18-14-16-6-3-4-7-17(16)24-18/h3-4,6-9,14,24H,2,5,10-13,22H2,1H3. The van der Waals surface area contributed by atoms with Crippen LogP contribution in [0.4, 0.5) is 11.5 Å². The molecule has 0 bridgehead atoms. The number of anilines is 2. The van der Waals surface area contributed by atoms with Crippen LogP contribution in [0.5, 0.6) is 0 Å². The first-order chi connectivity index (χ1) is 13.2. The van der Waals surface area contributed by atoms with Gasteiger partial charge in [0.15, 0.2) is 5.82 Å². The zero-order valence-electron chi connectivity index (χ0n) is 15.6. The number of amides is 1. The first-order valence-corrected chi connectivity index (χ1v) is 9.52. The second kappa shape index (κ2) is 7.31. The summed E-state index contributed by atoms with van der Waals surface area (Å²) >= 11 is 0. The summed E-state index contributed by atoms with van der Waals surface area (Å²) in [6.45, 7) is 5.07. The quantitative estimate of drug-likeness (QED) is 0.750. The van der Waals surface area contributed by atoms with Crippen molar-refractivity contribution >= 4 is 28.3 Å². The van der Waals surface area contributed by atoms with E-state index in [9.17, 15) is 4.79 Å². The minimum atomic E-state index is 0.0521. The third-order valence-electron chi connectivity index (χ3n) is 5.28. The molecule has 140 valence electrons. The van der Waals surface area contributed by atoms with Crippen molar-refractivity contribution in [3.63, 3.8) is 0 Å². The van der Waals surface area contributed by atoms with E-state index in [1.54, 1.807) is 0 Å². The van der Waals surface area contributed by atoms with Crippen molar-refractivity contribution in [2.24, 2.45) is 0 Å². The van der Waals surface area contributed by atoms with E-state index in [1.807, 2.05) is 47.5 Å². The van der Waals surface area contributed by atoms with E-state index in [0.29, 0.717) is 12.2 Å². The number of hydrogen-bond donors (Lipinski definition) is 2. The summed E-state index contributed by atoms with van der Waals surface area (Å²) in [5, 5.41) is 1.06. The Morgan fingerprint density at radius 3 is 2.85 bits per heavy atom. The fourth-order valence-corrected chi connectivity index (χ4v) is 3.75. The predicted molar refractivity (Wildman–Crippen MR) is 109 cm³/mol. The molecular weight excluding hydrogens is 338 g/mol. The van der Waals surface area contributed by atoms with E-state index >= 15 is 0 Å². The number of hydrogen-bond acceptors (Lipinski definition) is 4. The number of rotatable bonds is 3. The third kappa shape index (κ3) is 3.35. The van der Waals surface area contributed by atoms with Crippen LogP contribution in [0.2, 0.25) is 0 Å². The molecule has 0 unspecified atom stereocenters. The molecule has 2 aromatic heterocycles. The highest BCUT2D eigenvalue weighted by molar-refractivity contribution is 5.98. The van der Waals surface area contributed by atoms with E-state index in [1.165, 1.54) is 0 Å². The molecule has 6 heteroatoms. The Morgan fingerprint density at radius 2 is 2.04 bits per heavy atom. The van der Waals surface area contributed by atoms with Crippen LogP contribution < -0.4 is 10.6 Å². The summed E-state index contributed by atoms with van der Waals surface area (Å²) in [6.07, 6.45) is 3.60. The van der Waals surface area contributed by atoms with Gasteiger partial charge in [-0.25, -0.2) is 4.98 Å². The van der Waals surface area contributed by atoms with Crippen molar-refractivity contribution < 1.29 is 4.79 Å². The van der Waals surface area contributed by atoms with Gasteiger partial charge in [0.25, 0.3) is 5.91 Å². The van der Waals surface area contributed by atoms with Gasteiger partial charge in [-0.1, -0.05) is 25.1 Å². The topological polar surface area (TPSA) is 78.2 Å². The molecule has 3 heterocycles. The predicted octanol–water partition coefficient (Wildman–Crippen LogP) is 3.06. The second-order valence-electron chi connectivity index (χ2n) is 6.96. The number of nitrogen functional groups attached to an aromatic ring is 1. The highest BCUT2D eigenvalue weighted by Crippen LogP contribution is 2.25. The van der Waals surface area contributed by atoms with Crippen molar-refractivity contribution in [2.45, 2.75) is 19.8 Å². The van der Waals surface area contributed by atoms with Crippen LogP contribution >= 0.6 is 0 Å². The molecular formula is C21H25N5O. The molecule has 1 aliphatic heterocycles. The summed E-state index contributed by atoms with van der Waals surface area (Å²) in [7, 11) is 0. The van der Waals surface area contributed by atoms with Gasteiger partial charge >= 0.3 is 0 Å². The maximum Gasteiger partial charge on any atom is 0.270 e. The van der Waals surface area contributed by atoms with Crippen LogP contribution in [0.25, 0.3) is 10.9 Å². The molecule has 3 aromatic rings. The number of nitrogens with two attached hydrogens (primary N) is 1. The number of H-pyrrole nitrogens is 1. The van der Waals surface area contributed by atoms with Crippen LogP contribution in [-0.4, -0.2) is 47.0 Å². The fraction of sp³-hybridized carbons (Fsp3) is 0.333. The van der Waals surface area contributed by atoms with Gasteiger partial charge in [0.1, 0.15) is 5.69 Å². The molecule has 0 spiro atoms. The molecule has 3 N–H and O–H groups in total. The Bertz CT molecular complexity index is 931. The Hall–Kier alpha value is -3.02. The Labute approximate surface area is 159 Å². The minimum Gasteiger partial charge on any atom is -0.396 e. The van der Waals surface area contributed by atoms with Gasteiger partial charge in [-0.3, -0.25) is 4.79 Å². The van der Waals surface area contributed by atoms with Crippen molar-refractivity contribution in [1.82, 2.24) is 14.9 Å². The first kappa shape index (κ1) is 17.4. The summed E-state index contributed by atoms with van der Waals surface area (Å²) < 4.78 is 0. The van der Waals surface area contributed by atoms with Crippen LogP contribution in [0.15, 0.2) is 42.6 Å². The van der Waals surface area contributed by atoms with E-state index < -0.39 is 0 Å². The summed E-state index contributed by atoms with van der Waals surface area (Å²) in [5.41, 5.74) is 9.83. The van der Waals surface area contributed by atoms with E-state index in [4.69, 9.17) is 5.73 Å². The molecule has 1 aromatic carbocycles. The lowest BCUT2D eigenvalue weighted by Crippen LogP contribution is -2.35. The number of benzene rings is 1. The van der Waals surface area contributed by atoms with E-state index in [2.05, 4.69) is 21.8 Å². The SMILES string of the molecule is CCc1ccnc(N2CCCN(C(=O)c3cc4ccccc4[nH]3)CC2)c1N. The Kier molecular flexibility index (Phi) is 4.71. The molecule has 0 aliphatic carbocycles.